The van der Waals surface area contributed by atoms with Gasteiger partial charge in [0.2, 0.25) is 5.91 Å². The molecule has 0 saturated carbocycles. The third kappa shape index (κ3) is 2.97. The Morgan fingerprint density at radius 2 is 2.24 bits per heavy atom. The first-order valence-corrected chi connectivity index (χ1v) is 7.20. The highest BCUT2D eigenvalue weighted by Gasteiger charge is 2.06. The van der Waals surface area contributed by atoms with Crippen molar-refractivity contribution in [2.24, 2.45) is 0 Å². The maximum Gasteiger partial charge on any atom is 0.417 e. The van der Waals surface area contributed by atoms with E-state index >= 15 is 0 Å². The van der Waals surface area contributed by atoms with Crippen molar-refractivity contribution >= 4 is 39.7 Å². The number of oxazole rings is 1. The highest BCUT2D eigenvalue weighted by atomic mass is 32.1. The van der Waals surface area contributed by atoms with E-state index in [4.69, 9.17) is 4.42 Å². The van der Waals surface area contributed by atoms with Gasteiger partial charge in [-0.05, 0) is 29.6 Å². The monoisotopic (exact) mass is 303 g/mol. The number of rotatable bonds is 4. The van der Waals surface area contributed by atoms with Crippen LogP contribution in [0.2, 0.25) is 0 Å². The standard InChI is InChI=1S/C14H13N3O3S/c1-8(18)16-10-4-5-21-13(10)7-15-9-2-3-12-11(6-9)17-14(19)20-12/h2-6,15H,7H2,1H3,(H,16,18)(H,17,19). The van der Waals surface area contributed by atoms with Crippen LogP contribution in [0.15, 0.2) is 38.9 Å². The summed E-state index contributed by atoms with van der Waals surface area (Å²) < 4.78 is 4.95. The highest BCUT2D eigenvalue weighted by Crippen LogP contribution is 2.24. The lowest BCUT2D eigenvalue weighted by molar-refractivity contribution is -0.114. The Bertz CT molecular complexity index is 846. The summed E-state index contributed by atoms with van der Waals surface area (Å²) in [7, 11) is 0. The molecule has 3 rings (SSSR count). The first-order valence-electron chi connectivity index (χ1n) is 6.32. The van der Waals surface area contributed by atoms with Crippen molar-refractivity contribution in [3.05, 3.63) is 45.1 Å². The van der Waals surface area contributed by atoms with E-state index in [1.54, 1.807) is 17.4 Å². The predicted molar refractivity (Wildman–Crippen MR) is 82.8 cm³/mol. The van der Waals surface area contributed by atoms with Gasteiger partial charge in [-0.1, -0.05) is 0 Å². The van der Waals surface area contributed by atoms with Gasteiger partial charge in [0.05, 0.1) is 17.7 Å². The van der Waals surface area contributed by atoms with Crippen molar-refractivity contribution in [1.82, 2.24) is 4.98 Å². The molecule has 1 amide bonds. The largest absolute Gasteiger partial charge is 0.417 e. The van der Waals surface area contributed by atoms with Crippen LogP contribution < -0.4 is 16.4 Å². The normalized spacial score (nSPS) is 10.7. The SMILES string of the molecule is CC(=O)Nc1ccsc1CNc1ccc2oc(=O)[nH]c2c1. The van der Waals surface area contributed by atoms with Crippen molar-refractivity contribution in [3.8, 4) is 0 Å². The molecule has 0 fully saturated rings. The Hall–Kier alpha value is -2.54. The second-order valence-corrected chi connectivity index (χ2v) is 5.52. The van der Waals surface area contributed by atoms with Gasteiger partial charge in [-0.2, -0.15) is 0 Å². The first kappa shape index (κ1) is 13.4. The van der Waals surface area contributed by atoms with E-state index in [2.05, 4.69) is 15.6 Å². The molecule has 2 heterocycles. The minimum absolute atomic E-state index is 0.0907. The molecule has 0 unspecified atom stereocenters. The lowest BCUT2D eigenvalue weighted by atomic mass is 10.3. The summed E-state index contributed by atoms with van der Waals surface area (Å²) in [5.41, 5.74) is 2.86. The fourth-order valence-corrected chi connectivity index (χ4v) is 2.79. The van der Waals surface area contributed by atoms with Gasteiger partial charge in [-0.15, -0.1) is 11.3 Å². The number of aromatic amines is 1. The molecule has 7 heteroatoms. The fraction of sp³-hybridized carbons (Fsp3) is 0.143. The molecule has 0 spiro atoms. The van der Waals surface area contributed by atoms with Crippen LogP contribution in [-0.4, -0.2) is 10.9 Å². The number of H-pyrrole nitrogens is 1. The van der Waals surface area contributed by atoms with E-state index in [9.17, 15) is 9.59 Å². The van der Waals surface area contributed by atoms with E-state index in [-0.39, 0.29) is 5.91 Å². The summed E-state index contributed by atoms with van der Waals surface area (Å²) in [4.78, 5) is 25.9. The molecular formula is C14H13N3O3S. The van der Waals surface area contributed by atoms with Crippen LogP contribution in [0, 0.1) is 0 Å². The summed E-state index contributed by atoms with van der Waals surface area (Å²) in [6.45, 7) is 2.07. The van der Waals surface area contributed by atoms with Crippen molar-refractivity contribution in [1.29, 1.82) is 0 Å². The van der Waals surface area contributed by atoms with Gasteiger partial charge in [0.25, 0.3) is 0 Å². The molecule has 108 valence electrons. The topological polar surface area (TPSA) is 87.1 Å². The Labute approximate surface area is 123 Å². The van der Waals surface area contributed by atoms with E-state index in [1.165, 1.54) is 6.92 Å². The molecule has 0 saturated heterocycles. The molecule has 3 aromatic rings. The molecule has 21 heavy (non-hydrogen) atoms. The molecule has 0 aliphatic heterocycles. The first-order chi connectivity index (χ1) is 10.1. The number of amides is 1. The maximum atomic E-state index is 11.1. The zero-order valence-electron chi connectivity index (χ0n) is 11.2. The van der Waals surface area contributed by atoms with Crippen LogP contribution in [0.5, 0.6) is 0 Å². The summed E-state index contributed by atoms with van der Waals surface area (Å²) >= 11 is 1.56. The number of thiophene rings is 1. The van der Waals surface area contributed by atoms with Crippen molar-refractivity contribution in [2.75, 3.05) is 10.6 Å². The summed E-state index contributed by atoms with van der Waals surface area (Å²) in [6.07, 6.45) is 0. The fourth-order valence-electron chi connectivity index (χ4n) is 2.02. The third-order valence-electron chi connectivity index (χ3n) is 2.93. The third-order valence-corrected chi connectivity index (χ3v) is 3.85. The highest BCUT2D eigenvalue weighted by molar-refractivity contribution is 7.10. The lowest BCUT2D eigenvalue weighted by Gasteiger charge is -2.07. The number of carbonyl (C=O) groups excluding carboxylic acids is 1. The average molecular weight is 303 g/mol. The average Bonchev–Trinajstić information content (AvgIpc) is 3.00. The Kier molecular flexibility index (Phi) is 3.49. The predicted octanol–water partition coefficient (Wildman–Crippen LogP) is 2.75. The molecule has 6 nitrogen and oxygen atoms in total. The number of aromatic nitrogens is 1. The summed E-state index contributed by atoms with van der Waals surface area (Å²) in [6, 6.07) is 7.26. The molecule has 1 aromatic carbocycles. The lowest BCUT2D eigenvalue weighted by Crippen LogP contribution is -2.08. The Morgan fingerprint density at radius 3 is 3.05 bits per heavy atom. The van der Waals surface area contributed by atoms with Crippen molar-refractivity contribution in [3.63, 3.8) is 0 Å². The smallest absolute Gasteiger partial charge is 0.408 e. The molecular weight excluding hydrogens is 290 g/mol. The second kappa shape index (κ2) is 5.45. The van der Waals surface area contributed by atoms with Gasteiger partial charge in [0.15, 0.2) is 5.58 Å². The van der Waals surface area contributed by atoms with E-state index < -0.39 is 5.76 Å². The van der Waals surface area contributed by atoms with Crippen molar-refractivity contribution in [2.45, 2.75) is 13.5 Å². The van der Waals surface area contributed by atoms with Gasteiger partial charge in [-0.25, -0.2) is 4.79 Å². The van der Waals surface area contributed by atoms with Gasteiger partial charge >= 0.3 is 5.76 Å². The zero-order chi connectivity index (χ0) is 14.8. The summed E-state index contributed by atoms with van der Waals surface area (Å²) in [5.74, 6) is -0.555. The number of benzene rings is 1. The number of hydrogen-bond donors (Lipinski definition) is 3. The molecule has 0 atom stereocenters. The number of carbonyl (C=O) groups is 1. The van der Waals surface area contributed by atoms with Gasteiger partial charge in [0, 0.05) is 17.5 Å². The minimum atomic E-state index is -0.464. The molecule has 0 aliphatic carbocycles. The van der Waals surface area contributed by atoms with Gasteiger partial charge in [-0.3, -0.25) is 9.78 Å². The quantitative estimate of drug-likeness (QED) is 0.691. The van der Waals surface area contributed by atoms with Crippen LogP contribution >= 0.6 is 11.3 Å². The van der Waals surface area contributed by atoms with Crippen molar-refractivity contribution < 1.29 is 9.21 Å². The zero-order valence-corrected chi connectivity index (χ0v) is 12.0. The Morgan fingerprint density at radius 1 is 1.38 bits per heavy atom. The van der Waals surface area contributed by atoms with E-state index in [1.807, 2.05) is 23.6 Å². The van der Waals surface area contributed by atoms with Crippen LogP contribution in [0.4, 0.5) is 11.4 Å². The van der Waals surface area contributed by atoms with Crippen LogP contribution in [0.1, 0.15) is 11.8 Å². The number of fused-ring (bicyclic) bond motifs is 1. The number of hydrogen-bond acceptors (Lipinski definition) is 5. The number of nitrogens with one attached hydrogen (secondary N) is 3. The maximum absolute atomic E-state index is 11.1. The van der Waals surface area contributed by atoms with Crippen LogP contribution in [0.3, 0.4) is 0 Å². The molecule has 0 aliphatic rings. The van der Waals surface area contributed by atoms with Gasteiger partial charge < -0.3 is 15.1 Å². The van der Waals surface area contributed by atoms with Crippen LogP contribution in [0.25, 0.3) is 11.1 Å². The van der Waals surface area contributed by atoms with E-state index in [0.29, 0.717) is 17.6 Å². The number of anilines is 2. The summed E-state index contributed by atoms with van der Waals surface area (Å²) in [5, 5.41) is 7.98. The van der Waals surface area contributed by atoms with E-state index in [0.717, 1.165) is 16.3 Å². The molecule has 0 radical (unpaired) electrons. The molecule has 2 aromatic heterocycles. The van der Waals surface area contributed by atoms with Crippen LogP contribution in [-0.2, 0) is 11.3 Å². The Balaban J connectivity index is 1.75. The molecule has 0 bridgehead atoms. The second-order valence-electron chi connectivity index (χ2n) is 4.52. The minimum Gasteiger partial charge on any atom is -0.408 e. The van der Waals surface area contributed by atoms with Gasteiger partial charge in [0.1, 0.15) is 0 Å². The molecule has 3 N–H and O–H groups in total.